The Bertz CT molecular complexity index is 620. The van der Waals surface area contributed by atoms with Gasteiger partial charge in [-0.1, -0.05) is 60.7 Å². The standard InChI is InChI=1S/C19H21NO2.H2O/c21-18(22)19(17-9-5-2-6-10-17)11-13-20(14-12-19)15-16-7-3-1-4-8-16;/h1-10H,11-15H2,(H,21,22);1H2. The molecule has 1 aliphatic rings. The Labute approximate surface area is 136 Å². The molecule has 4 heteroatoms. The third-order valence-corrected chi connectivity index (χ3v) is 4.69. The second kappa shape index (κ2) is 7.40. The summed E-state index contributed by atoms with van der Waals surface area (Å²) in [5, 5.41) is 9.80. The zero-order valence-corrected chi connectivity index (χ0v) is 13.1. The average molecular weight is 313 g/mol. The van der Waals surface area contributed by atoms with Gasteiger partial charge in [0, 0.05) is 6.54 Å². The number of carbonyl (C=O) groups is 1. The van der Waals surface area contributed by atoms with Crippen molar-refractivity contribution in [1.29, 1.82) is 0 Å². The first-order chi connectivity index (χ1) is 10.7. The van der Waals surface area contributed by atoms with Crippen LogP contribution in [0.15, 0.2) is 60.7 Å². The summed E-state index contributed by atoms with van der Waals surface area (Å²) in [6, 6.07) is 20.0. The maximum absolute atomic E-state index is 11.9. The molecule has 0 atom stereocenters. The van der Waals surface area contributed by atoms with Crippen molar-refractivity contribution < 1.29 is 15.4 Å². The molecule has 3 rings (SSSR count). The fourth-order valence-electron chi connectivity index (χ4n) is 3.32. The summed E-state index contributed by atoms with van der Waals surface area (Å²) in [6.07, 6.45) is 1.33. The average Bonchev–Trinajstić information content (AvgIpc) is 2.57. The van der Waals surface area contributed by atoms with Crippen LogP contribution in [0.25, 0.3) is 0 Å². The normalized spacial score (nSPS) is 17.2. The summed E-state index contributed by atoms with van der Waals surface area (Å²) in [5.41, 5.74) is 1.49. The van der Waals surface area contributed by atoms with Crippen LogP contribution in [-0.4, -0.2) is 34.5 Å². The number of rotatable bonds is 4. The molecule has 1 fully saturated rings. The van der Waals surface area contributed by atoms with E-state index in [0.29, 0.717) is 12.8 Å². The number of carboxylic acid groups (broad SMARTS) is 1. The highest BCUT2D eigenvalue weighted by molar-refractivity contribution is 5.81. The topological polar surface area (TPSA) is 72.0 Å². The Kier molecular flexibility index (Phi) is 5.53. The number of piperidine rings is 1. The van der Waals surface area contributed by atoms with E-state index in [1.54, 1.807) is 0 Å². The van der Waals surface area contributed by atoms with Crippen molar-refractivity contribution >= 4 is 5.97 Å². The first-order valence-corrected chi connectivity index (χ1v) is 7.76. The molecule has 0 amide bonds. The second-order valence-corrected chi connectivity index (χ2v) is 6.02. The van der Waals surface area contributed by atoms with Gasteiger partial charge in [-0.15, -0.1) is 0 Å². The highest BCUT2D eigenvalue weighted by Crippen LogP contribution is 2.36. The van der Waals surface area contributed by atoms with E-state index in [-0.39, 0.29) is 5.48 Å². The van der Waals surface area contributed by atoms with Gasteiger partial charge < -0.3 is 10.6 Å². The van der Waals surface area contributed by atoms with E-state index in [1.807, 2.05) is 48.5 Å². The van der Waals surface area contributed by atoms with Crippen LogP contribution in [0.4, 0.5) is 0 Å². The highest BCUT2D eigenvalue weighted by Gasteiger charge is 2.42. The number of benzene rings is 2. The van der Waals surface area contributed by atoms with Crippen LogP contribution in [0, 0.1) is 0 Å². The first-order valence-electron chi connectivity index (χ1n) is 7.76. The molecule has 1 aliphatic heterocycles. The Balaban J connectivity index is 0.00000192. The predicted molar refractivity (Wildman–Crippen MR) is 90.3 cm³/mol. The lowest BCUT2D eigenvalue weighted by molar-refractivity contribution is -0.146. The molecule has 0 unspecified atom stereocenters. The van der Waals surface area contributed by atoms with Gasteiger partial charge in [0.05, 0.1) is 5.41 Å². The molecule has 2 aromatic rings. The van der Waals surface area contributed by atoms with Gasteiger partial charge in [0.25, 0.3) is 0 Å². The quantitative estimate of drug-likeness (QED) is 0.942. The molecular formula is C19H23NO3. The minimum Gasteiger partial charge on any atom is -0.481 e. The Morgan fingerprint density at radius 3 is 2.00 bits per heavy atom. The van der Waals surface area contributed by atoms with Crippen molar-refractivity contribution in [2.24, 2.45) is 0 Å². The highest BCUT2D eigenvalue weighted by atomic mass is 16.4. The number of aliphatic carboxylic acids is 1. The van der Waals surface area contributed by atoms with Crippen molar-refractivity contribution in [3.63, 3.8) is 0 Å². The van der Waals surface area contributed by atoms with Gasteiger partial charge >= 0.3 is 5.97 Å². The van der Waals surface area contributed by atoms with E-state index in [4.69, 9.17) is 0 Å². The molecular weight excluding hydrogens is 290 g/mol. The largest absolute Gasteiger partial charge is 0.481 e. The van der Waals surface area contributed by atoms with Crippen LogP contribution in [0.2, 0.25) is 0 Å². The molecule has 2 aromatic carbocycles. The molecule has 0 saturated carbocycles. The Morgan fingerprint density at radius 2 is 1.48 bits per heavy atom. The van der Waals surface area contributed by atoms with Gasteiger partial charge in [-0.3, -0.25) is 9.69 Å². The molecule has 1 saturated heterocycles. The monoisotopic (exact) mass is 313 g/mol. The zero-order chi connectivity index (χ0) is 15.4. The van der Waals surface area contributed by atoms with Crippen molar-refractivity contribution in [3.05, 3.63) is 71.8 Å². The Hall–Kier alpha value is -2.17. The first kappa shape index (κ1) is 17.2. The van der Waals surface area contributed by atoms with Gasteiger partial charge in [-0.2, -0.15) is 0 Å². The molecule has 0 spiro atoms. The number of likely N-dealkylation sites (tertiary alicyclic amines) is 1. The molecule has 0 aliphatic carbocycles. The van der Waals surface area contributed by atoms with E-state index in [9.17, 15) is 9.90 Å². The summed E-state index contributed by atoms with van der Waals surface area (Å²) >= 11 is 0. The maximum atomic E-state index is 11.9. The predicted octanol–water partition coefficient (Wildman–Crippen LogP) is 2.48. The fraction of sp³-hybridized carbons (Fsp3) is 0.316. The van der Waals surface area contributed by atoms with Crippen LogP contribution < -0.4 is 0 Å². The molecule has 0 aromatic heterocycles. The summed E-state index contributed by atoms with van der Waals surface area (Å²) < 4.78 is 0. The van der Waals surface area contributed by atoms with Crippen LogP contribution in [0.5, 0.6) is 0 Å². The fourth-order valence-corrected chi connectivity index (χ4v) is 3.32. The molecule has 4 nitrogen and oxygen atoms in total. The van der Waals surface area contributed by atoms with Crippen LogP contribution >= 0.6 is 0 Å². The van der Waals surface area contributed by atoms with Gasteiger partial charge in [0.15, 0.2) is 0 Å². The summed E-state index contributed by atoms with van der Waals surface area (Å²) in [7, 11) is 0. The van der Waals surface area contributed by atoms with Crippen LogP contribution in [0.3, 0.4) is 0 Å². The van der Waals surface area contributed by atoms with Crippen molar-refractivity contribution in [1.82, 2.24) is 4.90 Å². The molecule has 3 N–H and O–H groups in total. The van der Waals surface area contributed by atoms with E-state index < -0.39 is 11.4 Å². The van der Waals surface area contributed by atoms with E-state index in [2.05, 4.69) is 17.0 Å². The lowest BCUT2D eigenvalue weighted by Gasteiger charge is -2.39. The van der Waals surface area contributed by atoms with E-state index in [1.165, 1.54) is 5.56 Å². The third-order valence-electron chi connectivity index (χ3n) is 4.69. The van der Waals surface area contributed by atoms with Crippen molar-refractivity contribution in [2.45, 2.75) is 24.8 Å². The van der Waals surface area contributed by atoms with Gasteiger partial charge in [0.1, 0.15) is 0 Å². The van der Waals surface area contributed by atoms with Crippen LogP contribution in [-0.2, 0) is 16.8 Å². The van der Waals surface area contributed by atoms with Gasteiger partial charge in [0.2, 0.25) is 0 Å². The maximum Gasteiger partial charge on any atom is 0.314 e. The summed E-state index contributed by atoms with van der Waals surface area (Å²) in [5.74, 6) is -0.696. The summed E-state index contributed by atoms with van der Waals surface area (Å²) in [6.45, 7) is 2.53. The molecule has 0 bridgehead atoms. The molecule has 122 valence electrons. The second-order valence-electron chi connectivity index (χ2n) is 6.02. The number of hydrogen-bond donors (Lipinski definition) is 1. The molecule has 0 radical (unpaired) electrons. The van der Waals surface area contributed by atoms with E-state index in [0.717, 1.165) is 25.2 Å². The number of carboxylic acids is 1. The molecule has 23 heavy (non-hydrogen) atoms. The number of nitrogens with zero attached hydrogens (tertiary/aromatic N) is 1. The minimum atomic E-state index is -0.728. The van der Waals surface area contributed by atoms with Crippen LogP contribution in [0.1, 0.15) is 24.0 Å². The molecule has 1 heterocycles. The van der Waals surface area contributed by atoms with Crippen molar-refractivity contribution in [2.75, 3.05) is 13.1 Å². The minimum absolute atomic E-state index is 0. The number of hydrogen-bond acceptors (Lipinski definition) is 2. The lowest BCUT2D eigenvalue weighted by Crippen LogP contribution is -2.47. The van der Waals surface area contributed by atoms with Crippen molar-refractivity contribution in [3.8, 4) is 0 Å². The SMILES string of the molecule is O.O=C(O)C1(c2ccccc2)CCN(Cc2ccccc2)CC1. The summed E-state index contributed by atoms with van der Waals surface area (Å²) in [4.78, 5) is 14.3. The van der Waals surface area contributed by atoms with Gasteiger partial charge in [-0.05, 0) is 37.1 Å². The Morgan fingerprint density at radius 1 is 0.957 bits per heavy atom. The third kappa shape index (κ3) is 3.60. The van der Waals surface area contributed by atoms with E-state index >= 15 is 0 Å². The van der Waals surface area contributed by atoms with Gasteiger partial charge in [-0.25, -0.2) is 0 Å². The lowest BCUT2D eigenvalue weighted by atomic mass is 9.73. The smallest absolute Gasteiger partial charge is 0.314 e. The zero-order valence-electron chi connectivity index (χ0n) is 13.1.